The minimum absolute atomic E-state index is 0.0175. The molecule has 0 radical (unpaired) electrons. The van der Waals surface area contributed by atoms with E-state index < -0.39 is 0 Å². The Morgan fingerprint density at radius 1 is 1.26 bits per heavy atom. The van der Waals surface area contributed by atoms with Crippen LogP contribution in [0.1, 0.15) is 52.3 Å². The third-order valence-corrected chi connectivity index (χ3v) is 4.74. The maximum atomic E-state index is 13.3. The van der Waals surface area contributed by atoms with Crippen molar-refractivity contribution in [3.8, 4) is 11.6 Å². The molecule has 0 bridgehead atoms. The van der Waals surface area contributed by atoms with Gasteiger partial charge in [0.05, 0.1) is 24.4 Å². The zero-order valence-electron chi connectivity index (χ0n) is 16.9. The second-order valence-electron chi connectivity index (χ2n) is 7.31. The molecule has 3 rings (SSSR count). The van der Waals surface area contributed by atoms with Crippen molar-refractivity contribution >= 4 is 5.91 Å². The van der Waals surface area contributed by atoms with Crippen molar-refractivity contribution < 1.29 is 14.3 Å². The molecule has 0 aliphatic carbocycles. The van der Waals surface area contributed by atoms with Crippen LogP contribution in [0, 0.1) is 27.7 Å². The highest BCUT2D eigenvalue weighted by Gasteiger charge is 2.28. The lowest BCUT2D eigenvalue weighted by Gasteiger charge is -2.23. The summed E-state index contributed by atoms with van der Waals surface area (Å²) < 4.78 is 11.6. The quantitative estimate of drug-likeness (QED) is 0.825. The van der Waals surface area contributed by atoms with Gasteiger partial charge < -0.3 is 14.4 Å². The second-order valence-corrected chi connectivity index (χ2v) is 7.31. The fourth-order valence-electron chi connectivity index (χ4n) is 3.44. The summed E-state index contributed by atoms with van der Waals surface area (Å²) in [6.45, 7) is 13.2. The van der Waals surface area contributed by atoms with E-state index in [1.807, 2.05) is 39.5 Å². The van der Waals surface area contributed by atoms with Gasteiger partial charge in [0, 0.05) is 23.5 Å². The van der Waals surface area contributed by atoms with Crippen LogP contribution in [0.5, 0.6) is 11.6 Å². The molecule has 1 aliphatic rings. The summed E-state index contributed by atoms with van der Waals surface area (Å²) >= 11 is 0. The van der Waals surface area contributed by atoms with Crippen LogP contribution in [0.15, 0.2) is 12.3 Å². The first kappa shape index (κ1) is 19.1. The van der Waals surface area contributed by atoms with Crippen LogP contribution in [-0.2, 0) is 6.54 Å². The maximum absolute atomic E-state index is 13.3. The molecule has 0 N–H and O–H groups in total. The van der Waals surface area contributed by atoms with Crippen molar-refractivity contribution in [2.75, 3.05) is 13.2 Å². The predicted octanol–water partition coefficient (Wildman–Crippen LogP) is 3.53. The minimum atomic E-state index is -0.0598. The molecule has 0 atom stereocenters. The van der Waals surface area contributed by atoms with E-state index in [0.29, 0.717) is 42.5 Å². The van der Waals surface area contributed by atoms with E-state index >= 15 is 0 Å². The fourth-order valence-corrected chi connectivity index (χ4v) is 3.44. The van der Waals surface area contributed by atoms with Crippen molar-refractivity contribution in [2.24, 2.45) is 0 Å². The van der Waals surface area contributed by atoms with Gasteiger partial charge in [0.2, 0.25) is 5.88 Å². The van der Waals surface area contributed by atoms with E-state index in [9.17, 15) is 4.79 Å². The molecule has 6 heteroatoms. The number of ether oxygens (including phenoxy) is 2. The summed E-state index contributed by atoms with van der Waals surface area (Å²) in [4.78, 5) is 24.0. The van der Waals surface area contributed by atoms with Crippen molar-refractivity contribution in [1.82, 2.24) is 14.9 Å². The molecule has 2 aromatic heterocycles. The molecule has 0 saturated carbocycles. The van der Waals surface area contributed by atoms with Crippen LogP contribution in [0.2, 0.25) is 0 Å². The molecule has 1 aliphatic heterocycles. The lowest BCUT2D eigenvalue weighted by Crippen LogP contribution is -2.33. The molecule has 2 aromatic rings. The third-order valence-electron chi connectivity index (χ3n) is 4.74. The summed E-state index contributed by atoms with van der Waals surface area (Å²) in [5, 5.41) is 0. The largest absolute Gasteiger partial charge is 0.489 e. The first-order valence-electron chi connectivity index (χ1n) is 9.30. The van der Waals surface area contributed by atoms with Gasteiger partial charge in [-0.2, -0.15) is 0 Å². The molecule has 0 spiro atoms. The van der Waals surface area contributed by atoms with Crippen molar-refractivity contribution in [1.29, 1.82) is 0 Å². The zero-order valence-corrected chi connectivity index (χ0v) is 16.9. The van der Waals surface area contributed by atoms with Crippen molar-refractivity contribution in [3.05, 3.63) is 45.9 Å². The van der Waals surface area contributed by atoms with Gasteiger partial charge in [-0.25, -0.2) is 4.98 Å². The van der Waals surface area contributed by atoms with E-state index in [0.717, 1.165) is 22.5 Å². The summed E-state index contributed by atoms with van der Waals surface area (Å²) in [6, 6.07) is 2.05. The molecular formula is C21H27N3O3. The molecule has 6 nitrogen and oxygen atoms in total. The Kier molecular flexibility index (Phi) is 5.35. The number of amides is 1. The SMILES string of the molecule is Cc1cc(C)c(CN2CCOc3cnc(OC(C)C)c(C)c3C2=O)c(C)n1. The van der Waals surface area contributed by atoms with Crippen LogP contribution in [-0.4, -0.2) is 40.0 Å². The van der Waals surface area contributed by atoms with Crippen molar-refractivity contribution in [2.45, 2.75) is 54.2 Å². The first-order valence-corrected chi connectivity index (χ1v) is 9.30. The molecule has 0 saturated heterocycles. The number of rotatable bonds is 4. The molecule has 27 heavy (non-hydrogen) atoms. The standard InChI is InChI=1S/C21H27N3O3/c1-12(2)27-20-15(5)19-18(10-22-20)26-8-7-24(21(19)25)11-17-13(3)9-14(4)23-16(17)6/h9-10,12H,7-8,11H2,1-6H3. The molecule has 144 valence electrons. The summed E-state index contributed by atoms with van der Waals surface area (Å²) in [7, 11) is 0. The number of hydrogen-bond donors (Lipinski definition) is 0. The van der Waals surface area contributed by atoms with E-state index in [-0.39, 0.29) is 12.0 Å². The minimum Gasteiger partial charge on any atom is -0.489 e. The zero-order chi connectivity index (χ0) is 19.7. The van der Waals surface area contributed by atoms with Gasteiger partial charge in [-0.3, -0.25) is 9.78 Å². The molecule has 3 heterocycles. The highest BCUT2D eigenvalue weighted by Crippen LogP contribution is 2.31. The Hall–Kier alpha value is -2.63. The Balaban J connectivity index is 1.97. The average Bonchev–Trinajstić information content (AvgIpc) is 2.73. The van der Waals surface area contributed by atoms with Gasteiger partial charge in [0.15, 0.2) is 5.75 Å². The van der Waals surface area contributed by atoms with Gasteiger partial charge in [-0.05, 0) is 58.7 Å². The lowest BCUT2D eigenvalue weighted by atomic mass is 10.0. The van der Waals surface area contributed by atoms with E-state index in [2.05, 4.69) is 23.0 Å². The highest BCUT2D eigenvalue weighted by atomic mass is 16.5. The molecule has 0 unspecified atom stereocenters. The molecular weight excluding hydrogens is 342 g/mol. The Morgan fingerprint density at radius 2 is 2.00 bits per heavy atom. The van der Waals surface area contributed by atoms with E-state index in [1.165, 1.54) is 0 Å². The fraction of sp³-hybridized carbons (Fsp3) is 0.476. The number of aromatic nitrogens is 2. The smallest absolute Gasteiger partial charge is 0.258 e. The second kappa shape index (κ2) is 7.55. The van der Waals surface area contributed by atoms with Gasteiger partial charge in [0.1, 0.15) is 6.61 Å². The Morgan fingerprint density at radius 3 is 2.67 bits per heavy atom. The number of fused-ring (bicyclic) bond motifs is 1. The lowest BCUT2D eigenvalue weighted by molar-refractivity contribution is 0.0741. The van der Waals surface area contributed by atoms with Crippen LogP contribution in [0.25, 0.3) is 0 Å². The van der Waals surface area contributed by atoms with Crippen LogP contribution in [0.3, 0.4) is 0 Å². The number of hydrogen-bond acceptors (Lipinski definition) is 5. The summed E-state index contributed by atoms with van der Waals surface area (Å²) in [6.07, 6.45) is 1.57. The average molecular weight is 369 g/mol. The normalized spacial score (nSPS) is 14.0. The number of aryl methyl sites for hydroxylation is 3. The van der Waals surface area contributed by atoms with Crippen LogP contribution in [0.4, 0.5) is 0 Å². The van der Waals surface area contributed by atoms with Gasteiger partial charge in [-0.1, -0.05) is 0 Å². The van der Waals surface area contributed by atoms with Crippen molar-refractivity contribution in [3.63, 3.8) is 0 Å². The summed E-state index contributed by atoms with van der Waals surface area (Å²) in [5.41, 5.74) is 5.43. The van der Waals surface area contributed by atoms with Gasteiger partial charge >= 0.3 is 0 Å². The van der Waals surface area contributed by atoms with Crippen LogP contribution < -0.4 is 9.47 Å². The number of carbonyl (C=O) groups excluding carboxylic acids is 1. The van der Waals surface area contributed by atoms with Gasteiger partial charge in [-0.15, -0.1) is 0 Å². The first-order chi connectivity index (χ1) is 12.8. The number of nitrogens with zero attached hydrogens (tertiary/aromatic N) is 3. The van der Waals surface area contributed by atoms with E-state index in [4.69, 9.17) is 9.47 Å². The molecule has 0 aromatic carbocycles. The number of carbonyl (C=O) groups is 1. The third kappa shape index (κ3) is 3.89. The van der Waals surface area contributed by atoms with E-state index in [1.54, 1.807) is 6.20 Å². The monoisotopic (exact) mass is 369 g/mol. The Labute approximate surface area is 160 Å². The molecule has 1 amide bonds. The summed E-state index contributed by atoms with van der Waals surface area (Å²) in [5.74, 6) is 0.939. The van der Waals surface area contributed by atoms with Gasteiger partial charge in [0.25, 0.3) is 5.91 Å². The Bertz CT molecular complexity index is 854. The predicted molar refractivity (Wildman–Crippen MR) is 103 cm³/mol. The van der Waals surface area contributed by atoms with Crippen LogP contribution >= 0.6 is 0 Å². The number of pyridine rings is 2. The molecule has 0 fully saturated rings. The maximum Gasteiger partial charge on any atom is 0.258 e. The topological polar surface area (TPSA) is 64.6 Å². The highest BCUT2D eigenvalue weighted by molar-refractivity contribution is 5.99.